The normalized spacial score (nSPS) is 16.9. The largest absolute Gasteiger partial charge is 0.480 e. The topological polar surface area (TPSA) is 59.6 Å². The lowest BCUT2D eigenvalue weighted by atomic mass is 10.0. The van der Waals surface area contributed by atoms with E-state index in [1.807, 2.05) is 29.2 Å². The Kier molecular flexibility index (Phi) is 6.04. The van der Waals surface area contributed by atoms with Crippen LogP contribution in [0.1, 0.15) is 17.2 Å². The van der Waals surface area contributed by atoms with Gasteiger partial charge in [-0.3, -0.25) is 14.6 Å². The summed E-state index contributed by atoms with van der Waals surface area (Å²) < 4.78 is 0. The minimum atomic E-state index is -0.861. The Balaban J connectivity index is 1.49. The molecule has 5 nitrogen and oxygen atoms in total. The molecular formula is C21H20Cl3N3O2. The molecule has 1 atom stereocenters. The maximum atomic E-state index is 12.1. The van der Waals surface area contributed by atoms with Crippen LogP contribution in [0.3, 0.4) is 0 Å². The van der Waals surface area contributed by atoms with E-state index >= 15 is 0 Å². The van der Waals surface area contributed by atoms with Gasteiger partial charge in [0.25, 0.3) is 0 Å². The molecule has 1 aromatic heterocycles. The summed E-state index contributed by atoms with van der Waals surface area (Å²) in [5.41, 5.74) is 2.64. The van der Waals surface area contributed by atoms with Gasteiger partial charge in [0, 0.05) is 70.5 Å². The summed E-state index contributed by atoms with van der Waals surface area (Å²) in [4.78, 5) is 19.6. The monoisotopic (exact) mass is 451 g/mol. The Labute approximate surface area is 183 Å². The Morgan fingerprint density at radius 2 is 1.72 bits per heavy atom. The maximum absolute atomic E-state index is 12.1. The van der Waals surface area contributed by atoms with Gasteiger partial charge in [-0.25, -0.2) is 0 Å². The van der Waals surface area contributed by atoms with E-state index in [1.54, 1.807) is 18.3 Å². The van der Waals surface area contributed by atoms with Crippen molar-refractivity contribution in [3.63, 3.8) is 0 Å². The van der Waals surface area contributed by atoms with Gasteiger partial charge in [0.05, 0.1) is 0 Å². The van der Waals surface area contributed by atoms with Gasteiger partial charge in [0.15, 0.2) is 0 Å². The standard InChI is InChI=1S/C21H20Cl3N3O2/c22-14-3-4-19-16(9-14)17(11-25-19)20(21(28)29)27-7-5-26(6-8-27)12-13-1-2-15(23)10-18(13)24/h1-4,9-11,20,25H,5-8,12H2,(H,28,29)/t20-/m0/s1. The number of H-pyrrole nitrogens is 1. The van der Waals surface area contributed by atoms with Crippen molar-refractivity contribution in [3.05, 3.63) is 68.8 Å². The van der Waals surface area contributed by atoms with E-state index in [0.29, 0.717) is 34.7 Å². The number of halogens is 3. The number of carboxylic acid groups (broad SMARTS) is 1. The number of benzene rings is 2. The highest BCUT2D eigenvalue weighted by molar-refractivity contribution is 6.35. The van der Waals surface area contributed by atoms with Crippen LogP contribution in [0.5, 0.6) is 0 Å². The summed E-state index contributed by atoms with van der Waals surface area (Å²) in [6.07, 6.45) is 1.78. The fourth-order valence-electron chi connectivity index (χ4n) is 3.90. The number of hydrogen-bond donors (Lipinski definition) is 2. The zero-order valence-electron chi connectivity index (χ0n) is 15.5. The maximum Gasteiger partial charge on any atom is 0.325 e. The number of nitrogens with zero attached hydrogens (tertiary/aromatic N) is 2. The molecule has 0 aliphatic carbocycles. The number of piperazine rings is 1. The minimum absolute atomic E-state index is 0.590. The first-order valence-electron chi connectivity index (χ1n) is 9.32. The van der Waals surface area contributed by atoms with Crippen LogP contribution in [0.25, 0.3) is 10.9 Å². The van der Waals surface area contributed by atoms with Crippen LogP contribution in [-0.4, -0.2) is 52.0 Å². The molecule has 2 aromatic carbocycles. The van der Waals surface area contributed by atoms with Crippen LogP contribution in [0.2, 0.25) is 15.1 Å². The van der Waals surface area contributed by atoms with Crippen molar-refractivity contribution in [2.45, 2.75) is 12.6 Å². The number of carboxylic acids is 1. The highest BCUT2D eigenvalue weighted by Crippen LogP contribution is 2.31. The van der Waals surface area contributed by atoms with E-state index in [-0.39, 0.29) is 0 Å². The summed E-state index contributed by atoms with van der Waals surface area (Å²) >= 11 is 18.4. The van der Waals surface area contributed by atoms with Crippen molar-refractivity contribution in [2.75, 3.05) is 26.2 Å². The molecule has 8 heteroatoms. The third-order valence-electron chi connectivity index (χ3n) is 5.39. The van der Waals surface area contributed by atoms with Gasteiger partial charge in [-0.05, 0) is 35.9 Å². The van der Waals surface area contributed by atoms with Crippen LogP contribution in [-0.2, 0) is 11.3 Å². The van der Waals surface area contributed by atoms with Crippen molar-refractivity contribution < 1.29 is 9.90 Å². The molecule has 29 heavy (non-hydrogen) atoms. The fourth-order valence-corrected chi connectivity index (χ4v) is 4.54. The molecule has 152 valence electrons. The predicted octanol–water partition coefficient (Wildman–Crippen LogP) is 5.07. The van der Waals surface area contributed by atoms with E-state index in [0.717, 1.165) is 35.1 Å². The van der Waals surface area contributed by atoms with Crippen molar-refractivity contribution in [3.8, 4) is 0 Å². The summed E-state index contributed by atoms with van der Waals surface area (Å²) in [5.74, 6) is -0.861. The summed E-state index contributed by atoms with van der Waals surface area (Å²) in [5, 5.41) is 12.7. The zero-order chi connectivity index (χ0) is 20.5. The first-order chi connectivity index (χ1) is 13.9. The molecule has 3 aromatic rings. The summed E-state index contributed by atoms with van der Waals surface area (Å²) in [6.45, 7) is 3.52. The molecule has 2 heterocycles. The van der Waals surface area contributed by atoms with Crippen molar-refractivity contribution in [2.24, 2.45) is 0 Å². The molecule has 1 aliphatic heterocycles. The molecule has 0 unspecified atom stereocenters. The van der Waals surface area contributed by atoms with Crippen molar-refractivity contribution in [1.82, 2.24) is 14.8 Å². The number of hydrogen-bond acceptors (Lipinski definition) is 3. The second kappa shape index (κ2) is 8.54. The first-order valence-corrected chi connectivity index (χ1v) is 10.5. The molecule has 0 radical (unpaired) electrons. The molecule has 1 saturated heterocycles. The van der Waals surface area contributed by atoms with Gasteiger partial charge in [-0.1, -0.05) is 40.9 Å². The van der Waals surface area contributed by atoms with E-state index in [4.69, 9.17) is 34.8 Å². The molecule has 0 bridgehead atoms. The fraction of sp³-hybridized carbons (Fsp3) is 0.286. The van der Waals surface area contributed by atoms with Gasteiger partial charge in [0.1, 0.15) is 6.04 Å². The Bertz CT molecular complexity index is 1040. The lowest BCUT2D eigenvalue weighted by Crippen LogP contribution is -2.48. The number of aliphatic carboxylic acids is 1. The molecule has 0 amide bonds. The van der Waals surface area contributed by atoms with Gasteiger partial charge in [-0.2, -0.15) is 0 Å². The van der Waals surface area contributed by atoms with E-state index in [1.165, 1.54) is 0 Å². The molecule has 2 N–H and O–H groups in total. The van der Waals surface area contributed by atoms with Crippen molar-refractivity contribution >= 4 is 51.7 Å². The van der Waals surface area contributed by atoms with E-state index in [9.17, 15) is 9.90 Å². The first kappa shape index (κ1) is 20.5. The average Bonchev–Trinajstić information content (AvgIpc) is 3.08. The molecule has 1 aliphatic rings. The number of fused-ring (bicyclic) bond motifs is 1. The number of carbonyl (C=O) groups is 1. The van der Waals surface area contributed by atoms with Gasteiger partial charge in [-0.15, -0.1) is 0 Å². The summed E-state index contributed by atoms with van der Waals surface area (Å²) in [6, 6.07) is 10.3. The average molecular weight is 453 g/mol. The second-order valence-corrected chi connectivity index (χ2v) is 8.50. The zero-order valence-corrected chi connectivity index (χ0v) is 17.8. The number of rotatable bonds is 5. The number of aromatic nitrogens is 1. The van der Waals surface area contributed by atoms with E-state index < -0.39 is 12.0 Å². The van der Waals surface area contributed by atoms with Crippen LogP contribution >= 0.6 is 34.8 Å². The molecule has 0 saturated carbocycles. The van der Waals surface area contributed by atoms with Crippen LogP contribution in [0.15, 0.2) is 42.6 Å². The lowest BCUT2D eigenvalue weighted by molar-refractivity contribution is -0.144. The third-order valence-corrected chi connectivity index (χ3v) is 6.21. The molecule has 1 fully saturated rings. The van der Waals surface area contributed by atoms with Crippen LogP contribution in [0.4, 0.5) is 0 Å². The Morgan fingerprint density at radius 3 is 2.41 bits per heavy atom. The third kappa shape index (κ3) is 4.39. The van der Waals surface area contributed by atoms with Crippen LogP contribution < -0.4 is 0 Å². The number of nitrogens with one attached hydrogen (secondary N) is 1. The quantitative estimate of drug-likeness (QED) is 0.567. The van der Waals surface area contributed by atoms with Gasteiger partial charge >= 0.3 is 5.97 Å². The van der Waals surface area contributed by atoms with Gasteiger partial charge in [0.2, 0.25) is 0 Å². The highest BCUT2D eigenvalue weighted by atomic mass is 35.5. The van der Waals surface area contributed by atoms with Crippen molar-refractivity contribution in [1.29, 1.82) is 0 Å². The Morgan fingerprint density at radius 1 is 1.03 bits per heavy atom. The summed E-state index contributed by atoms with van der Waals surface area (Å²) in [7, 11) is 0. The lowest BCUT2D eigenvalue weighted by Gasteiger charge is -2.37. The highest BCUT2D eigenvalue weighted by Gasteiger charge is 2.32. The molecule has 4 rings (SSSR count). The van der Waals surface area contributed by atoms with Crippen LogP contribution in [0, 0.1) is 0 Å². The minimum Gasteiger partial charge on any atom is -0.480 e. The predicted molar refractivity (Wildman–Crippen MR) is 117 cm³/mol. The number of aromatic amines is 1. The Hall–Kier alpha value is -1.76. The van der Waals surface area contributed by atoms with Gasteiger partial charge < -0.3 is 10.1 Å². The molecule has 0 spiro atoms. The SMILES string of the molecule is O=C(O)[C@H](c1c[nH]c2ccc(Cl)cc12)N1CCN(Cc2ccc(Cl)cc2Cl)CC1. The van der Waals surface area contributed by atoms with E-state index in [2.05, 4.69) is 9.88 Å². The molecular weight excluding hydrogens is 433 g/mol. The second-order valence-electron chi connectivity index (χ2n) is 7.22. The smallest absolute Gasteiger partial charge is 0.325 e.